The lowest BCUT2D eigenvalue weighted by Gasteiger charge is -2.40. The number of hydrogen-bond acceptors (Lipinski definition) is 2. The normalized spacial score (nSPS) is 26.5. The molecule has 3 heterocycles. The van der Waals surface area contributed by atoms with Gasteiger partial charge in [0.15, 0.2) is 0 Å². The Bertz CT molecular complexity index is 924. The molecule has 4 nitrogen and oxygen atoms in total. The fourth-order valence-electron chi connectivity index (χ4n) is 4.69. The third-order valence-corrected chi connectivity index (χ3v) is 6.12. The molecular formula is C20H22N4. The van der Waals surface area contributed by atoms with Crippen molar-refractivity contribution in [3.05, 3.63) is 47.4 Å². The van der Waals surface area contributed by atoms with Crippen molar-refractivity contribution in [1.82, 2.24) is 15.3 Å². The molecule has 1 atom stereocenters. The van der Waals surface area contributed by atoms with E-state index in [-0.39, 0.29) is 5.41 Å². The number of aliphatic imine (C=N–C) groups is 1. The molecule has 1 aliphatic heterocycles. The van der Waals surface area contributed by atoms with E-state index in [2.05, 4.69) is 40.4 Å². The Morgan fingerprint density at radius 3 is 2.96 bits per heavy atom. The van der Waals surface area contributed by atoms with Gasteiger partial charge in [-0.2, -0.15) is 0 Å². The Kier molecular flexibility index (Phi) is 2.82. The van der Waals surface area contributed by atoms with Crippen LogP contribution >= 0.6 is 0 Å². The fourth-order valence-corrected chi connectivity index (χ4v) is 4.69. The third-order valence-electron chi connectivity index (χ3n) is 6.12. The molecule has 2 N–H and O–H groups in total. The summed E-state index contributed by atoms with van der Waals surface area (Å²) in [6, 6.07) is 4.62. The van der Waals surface area contributed by atoms with Gasteiger partial charge in [0.1, 0.15) is 5.84 Å². The molecule has 0 bridgehead atoms. The van der Waals surface area contributed by atoms with Crippen LogP contribution in [0.15, 0.2) is 46.7 Å². The molecule has 2 aromatic heterocycles. The van der Waals surface area contributed by atoms with Crippen LogP contribution in [0, 0.1) is 5.41 Å². The van der Waals surface area contributed by atoms with Crippen LogP contribution in [0.1, 0.15) is 38.3 Å². The fraction of sp³-hybridized carbons (Fsp3) is 0.400. The van der Waals surface area contributed by atoms with Crippen LogP contribution in [0.5, 0.6) is 0 Å². The van der Waals surface area contributed by atoms with E-state index in [1.807, 2.05) is 19.4 Å². The lowest BCUT2D eigenvalue weighted by molar-refractivity contribution is 0.289. The summed E-state index contributed by atoms with van der Waals surface area (Å²) in [5.41, 5.74) is 6.70. The monoisotopic (exact) mass is 318 g/mol. The van der Waals surface area contributed by atoms with E-state index in [0.717, 1.165) is 23.0 Å². The summed E-state index contributed by atoms with van der Waals surface area (Å²) in [5, 5.41) is 4.86. The maximum Gasteiger partial charge on any atom is 0.107 e. The van der Waals surface area contributed by atoms with Crippen LogP contribution in [0.25, 0.3) is 16.5 Å². The van der Waals surface area contributed by atoms with Crippen LogP contribution < -0.4 is 5.32 Å². The Morgan fingerprint density at radius 2 is 2.21 bits per heavy atom. The minimum Gasteiger partial charge on any atom is -0.366 e. The number of nitrogens with zero attached hydrogens (tertiary/aromatic N) is 2. The topological polar surface area (TPSA) is 53.1 Å². The summed E-state index contributed by atoms with van der Waals surface area (Å²) in [6.07, 6.45) is 11.1. The Morgan fingerprint density at radius 1 is 1.33 bits per heavy atom. The second-order valence-electron chi connectivity index (χ2n) is 7.30. The minimum absolute atomic E-state index is 0.211. The smallest absolute Gasteiger partial charge is 0.107 e. The summed E-state index contributed by atoms with van der Waals surface area (Å²) in [5.74, 6) is 1.20. The molecule has 2 aromatic rings. The molecule has 1 saturated carbocycles. The zero-order valence-corrected chi connectivity index (χ0v) is 14.2. The first kappa shape index (κ1) is 14.0. The van der Waals surface area contributed by atoms with E-state index in [9.17, 15) is 0 Å². The van der Waals surface area contributed by atoms with Crippen molar-refractivity contribution in [3.63, 3.8) is 0 Å². The molecule has 24 heavy (non-hydrogen) atoms. The van der Waals surface area contributed by atoms with E-state index >= 15 is 0 Å². The second kappa shape index (κ2) is 4.82. The molecule has 0 aromatic carbocycles. The highest BCUT2D eigenvalue weighted by molar-refractivity contribution is 5.97. The quantitative estimate of drug-likeness (QED) is 0.839. The Labute approximate surface area is 141 Å². The van der Waals surface area contributed by atoms with Gasteiger partial charge in [-0.1, -0.05) is 12.5 Å². The number of pyridine rings is 1. The number of H-pyrrole nitrogens is 1. The van der Waals surface area contributed by atoms with Gasteiger partial charge in [0, 0.05) is 30.3 Å². The molecule has 1 saturated heterocycles. The number of fused-ring (bicyclic) bond motifs is 3. The Balaban J connectivity index is 1.59. The molecule has 122 valence electrons. The standard InChI is InChI=1S/C20H22N4/c1-12-8-15-18(24-19(21-2)20(15)5-3-6-20)9-14(12)17-10-16-13(11-23-17)4-7-22-16/h4,7-8,10-11,18,22H,3,5-6,9H2,1-2H3,(H,21,24). The van der Waals surface area contributed by atoms with Crippen LogP contribution in [0.3, 0.4) is 0 Å². The van der Waals surface area contributed by atoms with Crippen molar-refractivity contribution in [3.8, 4) is 0 Å². The van der Waals surface area contributed by atoms with E-state index in [0.29, 0.717) is 6.04 Å². The maximum atomic E-state index is 4.71. The lowest BCUT2D eigenvalue weighted by Crippen LogP contribution is -2.38. The third kappa shape index (κ3) is 1.74. The molecule has 2 fully saturated rings. The van der Waals surface area contributed by atoms with Gasteiger partial charge in [-0.05, 0) is 55.0 Å². The lowest BCUT2D eigenvalue weighted by atomic mass is 9.62. The van der Waals surface area contributed by atoms with Crippen molar-refractivity contribution < 1.29 is 0 Å². The number of allylic oxidation sites excluding steroid dienone is 2. The highest BCUT2D eigenvalue weighted by Gasteiger charge is 2.53. The summed E-state index contributed by atoms with van der Waals surface area (Å²) in [7, 11) is 1.92. The molecular weight excluding hydrogens is 296 g/mol. The average molecular weight is 318 g/mol. The summed E-state index contributed by atoms with van der Waals surface area (Å²) in [4.78, 5) is 12.6. The highest BCUT2D eigenvalue weighted by Crippen LogP contribution is 2.55. The first-order valence-corrected chi connectivity index (χ1v) is 8.80. The minimum atomic E-state index is 0.211. The maximum absolute atomic E-state index is 4.71. The van der Waals surface area contributed by atoms with Crippen LogP contribution in [-0.2, 0) is 0 Å². The van der Waals surface area contributed by atoms with Gasteiger partial charge in [0.25, 0.3) is 0 Å². The molecule has 2 aliphatic carbocycles. The van der Waals surface area contributed by atoms with E-state index in [1.165, 1.54) is 36.2 Å². The summed E-state index contributed by atoms with van der Waals surface area (Å²) in [6.45, 7) is 2.23. The van der Waals surface area contributed by atoms with Crippen molar-refractivity contribution in [1.29, 1.82) is 0 Å². The van der Waals surface area contributed by atoms with Gasteiger partial charge in [0.2, 0.25) is 0 Å². The molecule has 0 radical (unpaired) electrons. The molecule has 1 unspecified atom stereocenters. The largest absolute Gasteiger partial charge is 0.366 e. The van der Waals surface area contributed by atoms with Gasteiger partial charge >= 0.3 is 0 Å². The number of amidine groups is 1. The van der Waals surface area contributed by atoms with Crippen LogP contribution in [0.2, 0.25) is 0 Å². The predicted octanol–water partition coefficient (Wildman–Crippen LogP) is 3.84. The first-order chi connectivity index (χ1) is 11.7. The number of nitrogens with one attached hydrogen (secondary N) is 2. The first-order valence-electron chi connectivity index (χ1n) is 8.80. The summed E-state index contributed by atoms with van der Waals surface area (Å²) >= 11 is 0. The van der Waals surface area contributed by atoms with E-state index in [4.69, 9.17) is 4.98 Å². The van der Waals surface area contributed by atoms with E-state index < -0.39 is 0 Å². The van der Waals surface area contributed by atoms with Crippen LogP contribution in [0.4, 0.5) is 0 Å². The number of hydrogen-bond donors (Lipinski definition) is 2. The number of aromatic amines is 1. The van der Waals surface area contributed by atoms with Gasteiger partial charge < -0.3 is 10.3 Å². The van der Waals surface area contributed by atoms with E-state index in [1.54, 1.807) is 5.57 Å². The zero-order chi connectivity index (χ0) is 16.3. The zero-order valence-electron chi connectivity index (χ0n) is 14.2. The van der Waals surface area contributed by atoms with Crippen molar-refractivity contribution in [2.45, 2.75) is 38.6 Å². The predicted molar refractivity (Wildman–Crippen MR) is 98.0 cm³/mol. The molecule has 0 amide bonds. The second-order valence-corrected chi connectivity index (χ2v) is 7.30. The van der Waals surface area contributed by atoms with Crippen LogP contribution in [-0.4, -0.2) is 28.9 Å². The molecule has 5 rings (SSSR count). The molecule has 3 aliphatic rings. The molecule has 4 heteroatoms. The van der Waals surface area contributed by atoms with Crippen molar-refractivity contribution >= 4 is 22.3 Å². The highest BCUT2D eigenvalue weighted by atomic mass is 15.1. The van der Waals surface area contributed by atoms with Crippen molar-refractivity contribution in [2.24, 2.45) is 10.4 Å². The van der Waals surface area contributed by atoms with Gasteiger partial charge in [-0.25, -0.2) is 0 Å². The number of rotatable bonds is 1. The van der Waals surface area contributed by atoms with Crippen molar-refractivity contribution in [2.75, 3.05) is 7.05 Å². The number of aromatic nitrogens is 2. The van der Waals surface area contributed by atoms with Gasteiger partial charge in [0.05, 0.1) is 17.2 Å². The SMILES string of the molecule is CN=C1NC2CC(c3cc4[nH]ccc4cn3)=C(C)C=C2C12CCC2. The Hall–Kier alpha value is -2.36. The van der Waals surface area contributed by atoms with Gasteiger partial charge in [-0.15, -0.1) is 0 Å². The van der Waals surface area contributed by atoms with Gasteiger partial charge in [-0.3, -0.25) is 9.98 Å². The average Bonchev–Trinajstić information content (AvgIpc) is 3.14. The summed E-state index contributed by atoms with van der Waals surface area (Å²) < 4.78 is 0. The molecule has 1 spiro atoms.